The number of rotatable bonds is 2. The predicted octanol–water partition coefficient (Wildman–Crippen LogP) is 3.76. The summed E-state index contributed by atoms with van der Waals surface area (Å²) >= 11 is 0. The van der Waals surface area contributed by atoms with Crippen molar-refractivity contribution in [2.75, 3.05) is 13.1 Å². The minimum atomic E-state index is -0.146. The fourth-order valence-electron chi connectivity index (χ4n) is 2.43. The molecule has 2 heteroatoms. The van der Waals surface area contributed by atoms with E-state index in [2.05, 4.69) is 11.8 Å². The van der Waals surface area contributed by atoms with Crippen LogP contribution in [0.1, 0.15) is 44.2 Å². The summed E-state index contributed by atoms with van der Waals surface area (Å²) in [5.41, 5.74) is 1.23. The summed E-state index contributed by atoms with van der Waals surface area (Å²) in [5, 5.41) is 0. The van der Waals surface area contributed by atoms with Gasteiger partial charge in [-0.15, -0.1) is 0 Å². The highest BCUT2D eigenvalue weighted by Crippen LogP contribution is 2.23. The molecule has 1 atom stereocenters. The van der Waals surface area contributed by atoms with Gasteiger partial charge in [-0.1, -0.05) is 25.0 Å². The first-order chi connectivity index (χ1) is 7.77. The molecule has 1 fully saturated rings. The Labute approximate surface area is 97.3 Å². The van der Waals surface area contributed by atoms with Crippen LogP contribution in [0.2, 0.25) is 0 Å². The van der Waals surface area contributed by atoms with Gasteiger partial charge in [-0.25, -0.2) is 4.39 Å². The fourth-order valence-corrected chi connectivity index (χ4v) is 2.43. The van der Waals surface area contributed by atoms with Gasteiger partial charge in [-0.05, 0) is 50.6 Å². The molecule has 1 aliphatic rings. The lowest BCUT2D eigenvalue weighted by atomic mass is 10.1. The zero-order chi connectivity index (χ0) is 11.4. The minimum absolute atomic E-state index is 0.146. The minimum Gasteiger partial charge on any atom is -0.297 e. The molecule has 0 N–H and O–H groups in total. The highest BCUT2D eigenvalue weighted by atomic mass is 19.1. The molecule has 1 aromatic rings. The number of hydrogen-bond donors (Lipinski definition) is 0. The molecule has 1 heterocycles. The number of benzene rings is 1. The predicted molar refractivity (Wildman–Crippen MR) is 64.9 cm³/mol. The maximum atomic E-state index is 12.8. The molecule has 1 saturated heterocycles. The summed E-state index contributed by atoms with van der Waals surface area (Å²) in [4.78, 5) is 2.51. The van der Waals surface area contributed by atoms with Crippen molar-refractivity contribution >= 4 is 0 Å². The standard InChI is InChI=1S/C14H20FN/c1-12(13-6-8-14(15)9-7-13)16-10-4-2-3-5-11-16/h6-9,12H,2-5,10-11H2,1H3. The second-order valence-electron chi connectivity index (χ2n) is 4.68. The molecule has 0 aromatic heterocycles. The SMILES string of the molecule is CC(c1ccc(F)cc1)N1CCCCCC1. The Bertz CT molecular complexity index is 312. The van der Waals surface area contributed by atoms with E-state index in [-0.39, 0.29) is 5.82 Å². The number of halogens is 1. The lowest BCUT2D eigenvalue weighted by Crippen LogP contribution is -2.27. The second-order valence-corrected chi connectivity index (χ2v) is 4.68. The molecule has 0 radical (unpaired) electrons. The average Bonchev–Trinajstić information content (AvgIpc) is 2.57. The van der Waals surface area contributed by atoms with E-state index in [4.69, 9.17) is 0 Å². The van der Waals surface area contributed by atoms with Gasteiger partial charge in [0.25, 0.3) is 0 Å². The van der Waals surface area contributed by atoms with Gasteiger partial charge in [-0.3, -0.25) is 4.90 Å². The van der Waals surface area contributed by atoms with E-state index in [0.29, 0.717) is 6.04 Å². The first-order valence-electron chi connectivity index (χ1n) is 6.27. The highest BCUT2D eigenvalue weighted by Gasteiger charge is 2.16. The van der Waals surface area contributed by atoms with Crippen LogP contribution in [0.4, 0.5) is 4.39 Å². The zero-order valence-electron chi connectivity index (χ0n) is 9.95. The Hall–Kier alpha value is -0.890. The van der Waals surface area contributed by atoms with Gasteiger partial charge in [0.1, 0.15) is 5.82 Å². The van der Waals surface area contributed by atoms with E-state index in [1.54, 1.807) is 12.1 Å². The quantitative estimate of drug-likeness (QED) is 0.735. The fraction of sp³-hybridized carbons (Fsp3) is 0.571. The third-order valence-corrected chi connectivity index (χ3v) is 3.54. The van der Waals surface area contributed by atoms with Gasteiger partial charge in [0.15, 0.2) is 0 Å². The average molecular weight is 221 g/mol. The number of hydrogen-bond acceptors (Lipinski definition) is 1. The monoisotopic (exact) mass is 221 g/mol. The van der Waals surface area contributed by atoms with Crippen LogP contribution in [0.15, 0.2) is 24.3 Å². The summed E-state index contributed by atoms with van der Waals surface area (Å²) in [6.07, 6.45) is 5.30. The summed E-state index contributed by atoms with van der Waals surface area (Å²) in [6, 6.07) is 7.35. The Morgan fingerprint density at radius 1 is 1.00 bits per heavy atom. The Morgan fingerprint density at radius 3 is 2.12 bits per heavy atom. The van der Waals surface area contributed by atoms with Crippen molar-refractivity contribution in [2.45, 2.75) is 38.6 Å². The van der Waals surface area contributed by atoms with Crippen molar-refractivity contribution in [1.82, 2.24) is 4.90 Å². The molecule has 1 aliphatic heterocycles. The maximum absolute atomic E-state index is 12.8. The highest BCUT2D eigenvalue weighted by molar-refractivity contribution is 5.19. The van der Waals surface area contributed by atoms with Crippen LogP contribution in [0, 0.1) is 5.82 Å². The Balaban J connectivity index is 2.04. The number of likely N-dealkylation sites (tertiary alicyclic amines) is 1. The van der Waals surface area contributed by atoms with E-state index < -0.39 is 0 Å². The van der Waals surface area contributed by atoms with Crippen molar-refractivity contribution in [3.8, 4) is 0 Å². The van der Waals surface area contributed by atoms with Gasteiger partial charge in [0.2, 0.25) is 0 Å². The van der Waals surface area contributed by atoms with Gasteiger partial charge in [0.05, 0.1) is 0 Å². The van der Waals surface area contributed by atoms with Gasteiger partial charge >= 0.3 is 0 Å². The second kappa shape index (κ2) is 5.44. The summed E-state index contributed by atoms with van der Waals surface area (Å²) in [7, 11) is 0. The molecule has 0 amide bonds. The lowest BCUT2D eigenvalue weighted by molar-refractivity contribution is 0.219. The zero-order valence-corrected chi connectivity index (χ0v) is 9.95. The first-order valence-corrected chi connectivity index (χ1v) is 6.27. The van der Waals surface area contributed by atoms with Crippen molar-refractivity contribution in [1.29, 1.82) is 0 Å². The van der Waals surface area contributed by atoms with Crippen molar-refractivity contribution in [3.05, 3.63) is 35.6 Å². The van der Waals surface area contributed by atoms with E-state index in [1.165, 1.54) is 44.3 Å². The maximum Gasteiger partial charge on any atom is 0.123 e. The van der Waals surface area contributed by atoms with E-state index in [1.807, 2.05) is 12.1 Å². The molecular weight excluding hydrogens is 201 g/mol. The van der Waals surface area contributed by atoms with Crippen molar-refractivity contribution < 1.29 is 4.39 Å². The third kappa shape index (κ3) is 2.82. The van der Waals surface area contributed by atoms with Crippen LogP contribution < -0.4 is 0 Å². The van der Waals surface area contributed by atoms with Crippen LogP contribution in [-0.2, 0) is 0 Å². The summed E-state index contributed by atoms with van der Waals surface area (Å²) < 4.78 is 12.8. The topological polar surface area (TPSA) is 3.24 Å². The molecule has 0 saturated carbocycles. The van der Waals surface area contributed by atoms with E-state index in [9.17, 15) is 4.39 Å². The molecule has 0 spiro atoms. The summed E-state index contributed by atoms with van der Waals surface area (Å²) in [5.74, 6) is -0.146. The molecule has 16 heavy (non-hydrogen) atoms. The van der Waals surface area contributed by atoms with Crippen LogP contribution >= 0.6 is 0 Å². The van der Waals surface area contributed by atoms with Crippen LogP contribution in [0.5, 0.6) is 0 Å². The lowest BCUT2D eigenvalue weighted by Gasteiger charge is -2.27. The largest absolute Gasteiger partial charge is 0.297 e. The molecule has 0 bridgehead atoms. The van der Waals surface area contributed by atoms with Crippen molar-refractivity contribution in [3.63, 3.8) is 0 Å². The van der Waals surface area contributed by atoms with Gasteiger partial charge < -0.3 is 0 Å². The molecule has 2 rings (SSSR count). The Kier molecular flexibility index (Phi) is 3.94. The Morgan fingerprint density at radius 2 is 1.56 bits per heavy atom. The van der Waals surface area contributed by atoms with Gasteiger partial charge in [0, 0.05) is 6.04 Å². The summed E-state index contributed by atoms with van der Waals surface area (Å²) in [6.45, 7) is 4.58. The van der Waals surface area contributed by atoms with Crippen LogP contribution in [-0.4, -0.2) is 18.0 Å². The molecule has 1 unspecified atom stereocenters. The molecule has 1 aromatic carbocycles. The number of nitrogens with zero attached hydrogens (tertiary/aromatic N) is 1. The molecular formula is C14H20FN. The van der Waals surface area contributed by atoms with E-state index in [0.717, 1.165) is 0 Å². The smallest absolute Gasteiger partial charge is 0.123 e. The van der Waals surface area contributed by atoms with Crippen molar-refractivity contribution in [2.24, 2.45) is 0 Å². The third-order valence-electron chi connectivity index (χ3n) is 3.54. The first kappa shape index (κ1) is 11.6. The van der Waals surface area contributed by atoms with Crippen LogP contribution in [0.3, 0.4) is 0 Å². The normalized spacial score (nSPS) is 20.4. The van der Waals surface area contributed by atoms with Crippen LogP contribution in [0.25, 0.3) is 0 Å². The molecule has 0 aliphatic carbocycles. The van der Waals surface area contributed by atoms with E-state index >= 15 is 0 Å². The molecule has 1 nitrogen and oxygen atoms in total. The molecule has 88 valence electrons. The van der Waals surface area contributed by atoms with Gasteiger partial charge in [-0.2, -0.15) is 0 Å².